The summed E-state index contributed by atoms with van der Waals surface area (Å²) in [7, 11) is 0. The predicted octanol–water partition coefficient (Wildman–Crippen LogP) is 3.05. The molecule has 1 aliphatic carbocycles. The number of halogens is 2. The van der Waals surface area contributed by atoms with Crippen LogP contribution < -0.4 is 11.1 Å². The van der Waals surface area contributed by atoms with Gasteiger partial charge in [0.1, 0.15) is 0 Å². The molecule has 1 saturated carbocycles. The van der Waals surface area contributed by atoms with Gasteiger partial charge < -0.3 is 11.1 Å². The van der Waals surface area contributed by atoms with Crippen molar-refractivity contribution < 1.29 is 13.6 Å². The summed E-state index contributed by atoms with van der Waals surface area (Å²) in [6, 6.07) is 3.18. The van der Waals surface area contributed by atoms with E-state index in [4.69, 9.17) is 5.73 Å². The molecule has 1 aromatic rings. The third kappa shape index (κ3) is 4.00. The Kier molecular flexibility index (Phi) is 5.28. The number of rotatable bonds is 3. The monoisotopic (exact) mass is 296 g/mol. The maximum absolute atomic E-state index is 13.2. The van der Waals surface area contributed by atoms with Crippen molar-refractivity contribution in [2.75, 3.05) is 0 Å². The summed E-state index contributed by atoms with van der Waals surface area (Å²) in [5.74, 6) is -2.08. The van der Waals surface area contributed by atoms with Gasteiger partial charge in [0.15, 0.2) is 11.6 Å². The maximum atomic E-state index is 13.2. The van der Waals surface area contributed by atoms with E-state index in [1.807, 2.05) is 0 Å². The topological polar surface area (TPSA) is 55.1 Å². The van der Waals surface area contributed by atoms with Crippen molar-refractivity contribution in [2.45, 2.75) is 51.1 Å². The largest absolute Gasteiger partial charge is 0.349 e. The molecule has 116 valence electrons. The van der Waals surface area contributed by atoms with Gasteiger partial charge in [-0.2, -0.15) is 0 Å². The number of benzene rings is 1. The third-order valence-corrected chi connectivity index (χ3v) is 4.21. The van der Waals surface area contributed by atoms with Gasteiger partial charge in [0.25, 0.3) is 0 Å². The van der Waals surface area contributed by atoms with Gasteiger partial charge in [-0.3, -0.25) is 4.79 Å². The molecule has 5 heteroatoms. The highest BCUT2D eigenvalue weighted by Crippen LogP contribution is 2.24. The molecule has 1 aliphatic rings. The van der Waals surface area contributed by atoms with Crippen LogP contribution in [0.5, 0.6) is 0 Å². The van der Waals surface area contributed by atoms with Gasteiger partial charge in [-0.1, -0.05) is 25.3 Å². The molecule has 0 radical (unpaired) electrons. The molecule has 21 heavy (non-hydrogen) atoms. The highest BCUT2D eigenvalue weighted by molar-refractivity contribution is 5.79. The highest BCUT2D eigenvalue weighted by atomic mass is 19.2. The number of amides is 1. The summed E-state index contributed by atoms with van der Waals surface area (Å²) in [5, 5.41) is 2.86. The minimum Gasteiger partial charge on any atom is -0.349 e. The van der Waals surface area contributed by atoms with Crippen molar-refractivity contribution in [3.05, 3.63) is 35.4 Å². The highest BCUT2D eigenvalue weighted by Gasteiger charge is 2.28. The van der Waals surface area contributed by atoms with E-state index in [9.17, 15) is 13.6 Å². The van der Waals surface area contributed by atoms with Gasteiger partial charge >= 0.3 is 0 Å². The van der Waals surface area contributed by atoms with Gasteiger partial charge in [0.05, 0.1) is 12.0 Å². The van der Waals surface area contributed by atoms with E-state index in [1.165, 1.54) is 6.07 Å². The fraction of sp³-hybridized carbons (Fsp3) is 0.562. The maximum Gasteiger partial charge on any atom is 0.225 e. The SMILES string of the molecule is CC(NC(=O)C1CCCCCC1N)c1ccc(F)c(F)c1. The first-order chi connectivity index (χ1) is 9.99. The fourth-order valence-corrected chi connectivity index (χ4v) is 2.85. The number of nitrogens with two attached hydrogens (primary N) is 1. The normalized spacial score (nSPS) is 24.2. The Hall–Kier alpha value is -1.49. The Bertz CT molecular complexity index is 507. The third-order valence-electron chi connectivity index (χ3n) is 4.21. The van der Waals surface area contributed by atoms with Crippen molar-refractivity contribution >= 4 is 5.91 Å². The zero-order valence-corrected chi connectivity index (χ0v) is 12.2. The fourth-order valence-electron chi connectivity index (χ4n) is 2.85. The Balaban J connectivity index is 2.02. The van der Waals surface area contributed by atoms with E-state index in [0.717, 1.165) is 44.2 Å². The molecule has 0 aromatic heterocycles. The van der Waals surface area contributed by atoms with E-state index >= 15 is 0 Å². The van der Waals surface area contributed by atoms with Crippen LogP contribution >= 0.6 is 0 Å². The number of hydrogen-bond acceptors (Lipinski definition) is 2. The molecular formula is C16H22F2N2O. The van der Waals surface area contributed by atoms with E-state index in [-0.39, 0.29) is 23.9 Å². The van der Waals surface area contributed by atoms with Crippen LogP contribution in [0.15, 0.2) is 18.2 Å². The molecule has 0 heterocycles. The Morgan fingerprint density at radius 3 is 2.67 bits per heavy atom. The molecule has 3 unspecified atom stereocenters. The number of carbonyl (C=O) groups is 1. The van der Waals surface area contributed by atoms with Gasteiger partial charge in [-0.15, -0.1) is 0 Å². The molecule has 1 fully saturated rings. The summed E-state index contributed by atoms with van der Waals surface area (Å²) >= 11 is 0. The molecule has 0 bridgehead atoms. The lowest BCUT2D eigenvalue weighted by Gasteiger charge is -2.23. The van der Waals surface area contributed by atoms with Crippen LogP contribution in [-0.2, 0) is 4.79 Å². The molecule has 0 aliphatic heterocycles. The Labute approximate surface area is 123 Å². The second-order valence-electron chi connectivity index (χ2n) is 5.81. The second kappa shape index (κ2) is 6.98. The zero-order valence-electron chi connectivity index (χ0n) is 12.2. The molecular weight excluding hydrogens is 274 g/mol. The van der Waals surface area contributed by atoms with E-state index in [1.54, 1.807) is 6.92 Å². The minimum absolute atomic E-state index is 0.0957. The molecule has 1 amide bonds. The van der Waals surface area contributed by atoms with Crippen molar-refractivity contribution in [3.8, 4) is 0 Å². The second-order valence-corrected chi connectivity index (χ2v) is 5.81. The quantitative estimate of drug-likeness (QED) is 0.842. The first-order valence-electron chi connectivity index (χ1n) is 7.50. The Morgan fingerprint density at radius 2 is 1.95 bits per heavy atom. The van der Waals surface area contributed by atoms with Crippen molar-refractivity contribution in [2.24, 2.45) is 11.7 Å². The van der Waals surface area contributed by atoms with Crippen LogP contribution in [0.3, 0.4) is 0 Å². The van der Waals surface area contributed by atoms with Crippen molar-refractivity contribution in [1.82, 2.24) is 5.32 Å². The van der Waals surface area contributed by atoms with Crippen LogP contribution in [0.25, 0.3) is 0 Å². The Morgan fingerprint density at radius 1 is 1.24 bits per heavy atom. The summed E-state index contributed by atoms with van der Waals surface area (Å²) in [4.78, 5) is 12.3. The van der Waals surface area contributed by atoms with Crippen LogP contribution in [0, 0.1) is 17.6 Å². The lowest BCUT2D eigenvalue weighted by atomic mass is 9.94. The number of carbonyl (C=O) groups excluding carboxylic acids is 1. The van der Waals surface area contributed by atoms with Crippen LogP contribution in [0.4, 0.5) is 8.78 Å². The average molecular weight is 296 g/mol. The first-order valence-corrected chi connectivity index (χ1v) is 7.50. The molecule has 0 spiro atoms. The van der Waals surface area contributed by atoms with Crippen LogP contribution in [0.2, 0.25) is 0 Å². The minimum atomic E-state index is -0.903. The molecule has 3 nitrogen and oxygen atoms in total. The zero-order chi connectivity index (χ0) is 15.4. The standard InChI is InChI=1S/C16H22F2N2O/c1-10(11-7-8-13(17)14(18)9-11)20-16(21)12-5-3-2-4-6-15(12)19/h7-10,12,15H,2-6,19H2,1H3,(H,20,21). The number of hydrogen-bond donors (Lipinski definition) is 2. The van der Waals surface area contributed by atoms with E-state index in [2.05, 4.69) is 5.32 Å². The molecule has 2 rings (SSSR count). The van der Waals surface area contributed by atoms with Crippen molar-refractivity contribution in [3.63, 3.8) is 0 Å². The smallest absolute Gasteiger partial charge is 0.225 e. The van der Waals surface area contributed by atoms with Crippen molar-refractivity contribution in [1.29, 1.82) is 0 Å². The molecule has 1 aromatic carbocycles. The van der Waals surface area contributed by atoms with Crippen LogP contribution in [0.1, 0.15) is 50.6 Å². The lowest BCUT2D eigenvalue weighted by Crippen LogP contribution is -2.42. The van der Waals surface area contributed by atoms with Crippen LogP contribution in [-0.4, -0.2) is 11.9 Å². The summed E-state index contributed by atoms with van der Waals surface area (Å²) in [6.07, 6.45) is 4.82. The molecule has 3 N–H and O–H groups in total. The van der Waals surface area contributed by atoms with Gasteiger partial charge in [-0.25, -0.2) is 8.78 Å². The predicted molar refractivity (Wildman–Crippen MR) is 77.5 cm³/mol. The lowest BCUT2D eigenvalue weighted by molar-refractivity contribution is -0.126. The summed E-state index contributed by atoms with van der Waals surface area (Å²) in [5.41, 5.74) is 6.61. The first kappa shape index (κ1) is 15.9. The van der Waals surface area contributed by atoms with Gasteiger partial charge in [0.2, 0.25) is 5.91 Å². The molecule has 3 atom stereocenters. The molecule has 0 saturated heterocycles. The van der Waals surface area contributed by atoms with E-state index in [0.29, 0.717) is 5.56 Å². The van der Waals surface area contributed by atoms with E-state index < -0.39 is 11.6 Å². The average Bonchev–Trinajstić information content (AvgIpc) is 2.66. The van der Waals surface area contributed by atoms with Gasteiger partial charge in [0, 0.05) is 6.04 Å². The summed E-state index contributed by atoms with van der Waals surface area (Å²) in [6.45, 7) is 1.76. The summed E-state index contributed by atoms with van der Waals surface area (Å²) < 4.78 is 26.2. The van der Waals surface area contributed by atoms with Gasteiger partial charge in [-0.05, 0) is 37.5 Å². The number of nitrogens with one attached hydrogen (secondary N) is 1.